The van der Waals surface area contributed by atoms with Crippen molar-refractivity contribution < 1.29 is 20.4 Å². The fraction of sp³-hybridized carbons (Fsp3) is 0. The average Bonchev–Trinajstić information content (AvgIpc) is 2.49. The second-order valence-electron chi connectivity index (χ2n) is 4.24. The number of aromatic hydroxyl groups is 2. The first kappa shape index (κ1) is 12.0. The second-order valence-corrected chi connectivity index (χ2v) is 4.24. The molecule has 0 atom stereocenters. The minimum atomic E-state index is 0.197. The largest absolute Gasteiger partial charge is 0.508 e. The van der Waals surface area contributed by atoms with Crippen molar-refractivity contribution >= 4 is 0 Å². The Bertz CT molecular complexity index is 645. The van der Waals surface area contributed by atoms with Gasteiger partial charge in [-0.3, -0.25) is 0 Å². The normalized spacial score (nSPS) is 10.4. The quantitative estimate of drug-likeness (QED) is 0.720. The summed E-state index contributed by atoms with van der Waals surface area (Å²) in [6.07, 6.45) is 0. The molecular weight excluding hydrogens is 256 g/mol. The van der Waals surface area contributed by atoms with Crippen LogP contribution in [0.3, 0.4) is 0 Å². The Kier molecular flexibility index (Phi) is 2.96. The third-order valence-corrected chi connectivity index (χ3v) is 2.83. The molecule has 4 N–H and O–H groups in total. The molecule has 98 valence electrons. The SMILES string of the molecule is Oc1ccc(-c2n[nH+]c(-c3ccc(O)cc3)[nH+]n2)cc1. The maximum atomic E-state index is 9.25. The topological polar surface area (TPSA) is 94.5 Å². The van der Waals surface area contributed by atoms with Crippen molar-refractivity contribution in [2.24, 2.45) is 0 Å². The van der Waals surface area contributed by atoms with Crippen LogP contribution in [0.2, 0.25) is 0 Å². The molecule has 0 fully saturated rings. The number of benzene rings is 2. The van der Waals surface area contributed by atoms with Gasteiger partial charge in [-0.25, -0.2) is 0 Å². The summed E-state index contributed by atoms with van der Waals surface area (Å²) in [6.45, 7) is 0. The van der Waals surface area contributed by atoms with E-state index in [0.717, 1.165) is 11.1 Å². The fourth-order valence-electron chi connectivity index (χ4n) is 1.76. The van der Waals surface area contributed by atoms with Gasteiger partial charge in [0.2, 0.25) is 0 Å². The average molecular weight is 268 g/mol. The number of hydrogen-bond acceptors (Lipinski definition) is 4. The van der Waals surface area contributed by atoms with Crippen molar-refractivity contribution in [1.82, 2.24) is 10.2 Å². The Labute approximate surface area is 114 Å². The maximum Gasteiger partial charge on any atom is 0.497 e. The molecule has 0 aliphatic rings. The molecule has 3 aromatic rings. The number of nitrogens with one attached hydrogen (secondary N) is 2. The molecular formula is C14H12N4O2+2. The van der Waals surface area contributed by atoms with E-state index in [-0.39, 0.29) is 11.5 Å². The lowest BCUT2D eigenvalue weighted by atomic mass is 10.2. The van der Waals surface area contributed by atoms with E-state index < -0.39 is 0 Å². The van der Waals surface area contributed by atoms with Gasteiger partial charge < -0.3 is 10.2 Å². The van der Waals surface area contributed by atoms with Crippen LogP contribution in [-0.4, -0.2) is 20.4 Å². The second kappa shape index (κ2) is 4.93. The molecule has 1 aromatic heterocycles. The zero-order valence-electron chi connectivity index (χ0n) is 10.4. The molecule has 0 aliphatic heterocycles. The number of aromatic amines is 2. The molecule has 0 bridgehead atoms. The lowest BCUT2D eigenvalue weighted by Crippen LogP contribution is -2.28. The molecule has 20 heavy (non-hydrogen) atoms. The van der Waals surface area contributed by atoms with Crippen LogP contribution in [0, 0.1) is 0 Å². The van der Waals surface area contributed by atoms with E-state index in [1.165, 1.54) is 0 Å². The molecule has 0 saturated carbocycles. The molecule has 1 heterocycles. The zero-order chi connectivity index (χ0) is 13.9. The van der Waals surface area contributed by atoms with Gasteiger partial charge in [-0.1, -0.05) is 0 Å². The van der Waals surface area contributed by atoms with Crippen molar-refractivity contribution in [2.75, 3.05) is 0 Å². The molecule has 6 heteroatoms. The Hall–Kier alpha value is -3.02. The molecule has 0 saturated heterocycles. The van der Waals surface area contributed by atoms with Crippen molar-refractivity contribution in [3.63, 3.8) is 0 Å². The van der Waals surface area contributed by atoms with Crippen LogP contribution in [0.15, 0.2) is 48.5 Å². The van der Waals surface area contributed by atoms with Gasteiger partial charge in [-0.05, 0) is 58.7 Å². The summed E-state index contributed by atoms with van der Waals surface area (Å²) in [5, 5.41) is 32.6. The molecule has 0 radical (unpaired) electrons. The number of phenolic OH excluding ortho intramolecular Hbond substituents is 2. The van der Waals surface area contributed by atoms with Gasteiger partial charge in [0, 0.05) is 15.8 Å². The first-order valence-electron chi connectivity index (χ1n) is 5.98. The third-order valence-electron chi connectivity index (χ3n) is 2.83. The van der Waals surface area contributed by atoms with Gasteiger partial charge in [0.25, 0.3) is 5.82 Å². The summed E-state index contributed by atoms with van der Waals surface area (Å²) in [5.41, 5.74) is 1.62. The number of aromatic nitrogens is 4. The molecule has 3 rings (SSSR count). The predicted octanol–water partition coefficient (Wildman–Crippen LogP) is 0.850. The predicted molar refractivity (Wildman–Crippen MR) is 69.3 cm³/mol. The zero-order valence-corrected chi connectivity index (χ0v) is 10.4. The van der Waals surface area contributed by atoms with Crippen LogP contribution in [0.25, 0.3) is 22.8 Å². The van der Waals surface area contributed by atoms with Gasteiger partial charge in [0.1, 0.15) is 17.1 Å². The van der Waals surface area contributed by atoms with Crippen LogP contribution in [0.5, 0.6) is 11.5 Å². The van der Waals surface area contributed by atoms with Crippen LogP contribution in [0.1, 0.15) is 0 Å². The van der Waals surface area contributed by atoms with Gasteiger partial charge in [-0.2, -0.15) is 0 Å². The van der Waals surface area contributed by atoms with Gasteiger partial charge in [0.05, 0.1) is 0 Å². The molecule has 0 aliphatic carbocycles. The van der Waals surface area contributed by atoms with Crippen molar-refractivity contribution in [3.8, 4) is 34.3 Å². The lowest BCUT2D eigenvalue weighted by Gasteiger charge is -1.94. The summed E-state index contributed by atoms with van der Waals surface area (Å²) in [7, 11) is 0. The standard InChI is InChI=1S/C14H10N4O2/c19-11-5-1-9(2-6-11)13-15-17-14(18-16-13)10-3-7-12(20)8-4-10/h1-8,19-20H/p+2. The maximum absolute atomic E-state index is 9.25. The van der Waals surface area contributed by atoms with E-state index in [2.05, 4.69) is 20.4 Å². The number of rotatable bonds is 2. The molecule has 0 unspecified atom stereocenters. The van der Waals surface area contributed by atoms with Gasteiger partial charge in [0.15, 0.2) is 0 Å². The molecule has 0 spiro atoms. The highest BCUT2D eigenvalue weighted by molar-refractivity contribution is 5.55. The van der Waals surface area contributed by atoms with Gasteiger partial charge in [-0.15, -0.1) is 0 Å². The molecule has 2 aromatic carbocycles. The number of hydrogen-bond donors (Lipinski definition) is 2. The van der Waals surface area contributed by atoms with E-state index in [0.29, 0.717) is 11.6 Å². The monoisotopic (exact) mass is 268 g/mol. The summed E-state index contributed by atoms with van der Waals surface area (Å²) in [6, 6.07) is 13.3. The Balaban J connectivity index is 1.91. The van der Waals surface area contributed by atoms with E-state index in [4.69, 9.17) is 0 Å². The number of H-pyrrole nitrogens is 2. The summed E-state index contributed by atoms with van der Waals surface area (Å²) in [5.74, 6) is 1.53. The van der Waals surface area contributed by atoms with E-state index in [9.17, 15) is 10.2 Å². The lowest BCUT2D eigenvalue weighted by molar-refractivity contribution is -0.583. The minimum Gasteiger partial charge on any atom is -0.508 e. The van der Waals surface area contributed by atoms with Gasteiger partial charge >= 0.3 is 5.82 Å². The summed E-state index contributed by atoms with van der Waals surface area (Å²) >= 11 is 0. The number of nitrogens with zero attached hydrogens (tertiary/aromatic N) is 2. The first-order chi connectivity index (χ1) is 9.72. The minimum absolute atomic E-state index is 0.197. The Morgan fingerprint density at radius 3 is 1.60 bits per heavy atom. The smallest absolute Gasteiger partial charge is 0.497 e. The first-order valence-corrected chi connectivity index (χ1v) is 5.98. The fourth-order valence-corrected chi connectivity index (χ4v) is 1.76. The highest BCUT2D eigenvalue weighted by Gasteiger charge is 2.18. The molecule has 0 amide bonds. The van der Waals surface area contributed by atoms with Crippen LogP contribution in [-0.2, 0) is 0 Å². The highest BCUT2D eigenvalue weighted by Crippen LogP contribution is 2.17. The summed E-state index contributed by atoms with van der Waals surface area (Å²) < 4.78 is 0. The van der Waals surface area contributed by atoms with Crippen LogP contribution >= 0.6 is 0 Å². The van der Waals surface area contributed by atoms with E-state index in [1.807, 2.05) is 0 Å². The Morgan fingerprint density at radius 1 is 0.650 bits per heavy atom. The van der Waals surface area contributed by atoms with E-state index >= 15 is 0 Å². The van der Waals surface area contributed by atoms with Crippen molar-refractivity contribution in [1.29, 1.82) is 0 Å². The van der Waals surface area contributed by atoms with Crippen molar-refractivity contribution in [3.05, 3.63) is 48.5 Å². The highest BCUT2D eigenvalue weighted by atomic mass is 16.3. The molecule has 6 nitrogen and oxygen atoms in total. The van der Waals surface area contributed by atoms with Crippen LogP contribution < -0.4 is 10.2 Å². The van der Waals surface area contributed by atoms with Crippen molar-refractivity contribution in [2.45, 2.75) is 0 Å². The van der Waals surface area contributed by atoms with E-state index in [1.54, 1.807) is 48.5 Å². The third kappa shape index (κ3) is 2.39. The van der Waals surface area contributed by atoms with Crippen LogP contribution in [0.4, 0.5) is 0 Å². The summed E-state index contributed by atoms with van der Waals surface area (Å²) in [4.78, 5) is 0. The Morgan fingerprint density at radius 2 is 1.10 bits per heavy atom. The number of phenols is 2.